The van der Waals surface area contributed by atoms with E-state index in [1.807, 2.05) is 30.3 Å². The lowest BCUT2D eigenvalue weighted by molar-refractivity contribution is -0.140. The van der Waals surface area contributed by atoms with Gasteiger partial charge in [-0.3, -0.25) is 13.9 Å². The van der Waals surface area contributed by atoms with Crippen molar-refractivity contribution in [3.63, 3.8) is 0 Å². The molecule has 1 N–H and O–H groups in total. The molecule has 11 heteroatoms. The molecule has 0 aliphatic carbocycles. The number of nitrogens with zero attached hydrogens (tertiary/aromatic N) is 2. The molecule has 230 valence electrons. The van der Waals surface area contributed by atoms with Gasteiger partial charge in [-0.2, -0.15) is 0 Å². The quantitative estimate of drug-likeness (QED) is 0.189. The van der Waals surface area contributed by atoms with E-state index in [1.54, 1.807) is 32.0 Å². The van der Waals surface area contributed by atoms with Crippen LogP contribution in [-0.2, 0) is 32.6 Å². The summed E-state index contributed by atoms with van der Waals surface area (Å²) < 4.78 is 42.7. The summed E-state index contributed by atoms with van der Waals surface area (Å²) in [6.45, 7) is 2.82. The average molecular weight is 657 g/mol. The molecule has 2 amide bonds. The minimum atomic E-state index is -4.33. The molecule has 0 radical (unpaired) electrons. The minimum absolute atomic E-state index is 0.00402. The van der Waals surface area contributed by atoms with E-state index in [-0.39, 0.29) is 39.6 Å². The Kier molecular flexibility index (Phi) is 11.0. The first-order valence-electron chi connectivity index (χ1n) is 13.9. The monoisotopic (exact) mass is 655 g/mol. The fraction of sp³-hybridized carbons (Fsp3) is 0.212. The Morgan fingerprint density at radius 2 is 1.43 bits per heavy atom. The number of anilines is 1. The number of rotatable bonds is 12. The van der Waals surface area contributed by atoms with Crippen LogP contribution in [0.1, 0.15) is 25.0 Å². The zero-order valence-electron chi connectivity index (χ0n) is 24.2. The topological polar surface area (TPSA) is 86.8 Å². The van der Waals surface area contributed by atoms with Gasteiger partial charge in [-0.05, 0) is 61.4 Å². The molecule has 0 unspecified atom stereocenters. The lowest BCUT2D eigenvalue weighted by atomic mass is 10.0. The van der Waals surface area contributed by atoms with E-state index in [2.05, 4.69) is 5.32 Å². The number of halogens is 3. The van der Waals surface area contributed by atoms with Gasteiger partial charge in [0.2, 0.25) is 11.8 Å². The molecule has 44 heavy (non-hydrogen) atoms. The summed E-state index contributed by atoms with van der Waals surface area (Å²) in [7, 11) is -4.33. The van der Waals surface area contributed by atoms with E-state index < -0.39 is 40.2 Å². The second-order valence-electron chi connectivity index (χ2n) is 10.4. The molecule has 0 aliphatic heterocycles. The smallest absolute Gasteiger partial charge is 0.264 e. The van der Waals surface area contributed by atoms with Gasteiger partial charge in [-0.15, -0.1) is 0 Å². The molecule has 0 aliphatic rings. The Morgan fingerprint density at radius 1 is 0.818 bits per heavy atom. The van der Waals surface area contributed by atoms with Crippen LogP contribution in [0.3, 0.4) is 0 Å². The van der Waals surface area contributed by atoms with Gasteiger partial charge in [-0.25, -0.2) is 12.8 Å². The normalized spacial score (nSPS) is 12.0. The lowest BCUT2D eigenvalue weighted by Crippen LogP contribution is -2.54. The van der Waals surface area contributed by atoms with Crippen molar-refractivity contribution in [2.45, 2.75) is 43.8 Å². The number of amides is 2. The SMILES string of the molecule is CC(C)NC(=O)[C@H](Cc1ccccc1)N(Cc1ccc(F)cc1)C(=O)CN(c1cccc(Cl)c1Cl)S(=O)(=O)c1ccccc1. The van der Waals surface area contributed by atoms with Crippen LogP contribution >= 0.6 is 23.2 Å². The number of hydrogen-bond donors (Lipinski definition) is 1. The Balaban J connectivity index is 1.82. The van der Waals surface area contributed by atoms with Crippen molar-refractivity contribution in [2.24, 2.45) is 0 Å². The van der Waals surface area contributed by atoms with Gasteiger partial charge in [0.05, 0.1) is 20.6 Å². The molecular weight excluding hydrogens is 624 g/mol. The van der Waals surface area contributed by atoms with Crippen LogP contribution < -0.4 is 9.62 Å². The summed E-state index contributed by atoms with van der Waals surface area (Å²) in [6, 6.07) is 25.6. The summed E-state index contributed by atoms with van der Waals surface area (Å²) in [5.41, 5.74) is 1.35. The molecule has 0 fully saturated rings. The van der Waals surface area contributed by atoms with Crippen molar-refractivity contribution >= 4 is 50.7 Å². The Morgan fingerprint density at radius 3 is 2.05 bits per heavy atom. The maximum atomic E-state index is 14.4. The third-order valence-electron chi connectivity index (χ3n) is 6.78. The van der Waals surface area contributed by atoms with E-state index in [1.165, 1.54) is 59.5 Å². The largest absolute Gasteiger partial charge is 0.352 e. The van der Waals surface area contributed by atoms with E-state index >= 15 is 0 Å². The number of carbonyl (C=O) groups is 2. The van der Waals surface area contributed by atoms with Crippen molar-refractivity contribution in [1.29, 1.82) is 0 Å². The van der Waals surface area contributed by atoms with Gasteiger partial charge in [0.25, 0.3) is 10.0 Å². The van der Waals surface area contributed by atoms with Gasteiger partial charge < -0.3 is 10.2 Å². The minimum Gasteiger partial charge on any atom is -0.352 e. The first-order valence-corrected chi connectivity index (χ1v) is 16.1. The van der Waals surface area contributed by atoms with E-state index in [9.17, 15) is 22.4 Å². The van der Waals surface area contributed by atoms with Gasteiger partial charge >= 0.3 is 0 Å². The van der Waals surface area contributed by atoms with Crippen LogP contribution in [0.2, 0.25) is 10.0 Å². The van der Waals surface area contributed by atoms with Gasteiger partial charge in [-0.1, -0.05) is 89.9 Å². The van der Waals surface area contributed by atoms with Gasteiger partial charge in [0, 0.05) is 19.0 Å². The Bertz CT molecular complexity index is 1690. The van der Waals surface area contributed by atoms with Gasteiger partial charge in [0.1, 0.15) is 18.4 Å². The standard InChI is InChI=1S/C33H32Cl2FN3O4S/c1-23(2)37-33(41)30(20-24-10-5-3-6-11-24)38(21-25-16-18-26(36)19-17-25)31(40)22-39(29-15-9-14-28(34)32(29)35)44(42,43)27-12-7-4-8-13-27/h3-19,23,30H,20-22H2,1-2H3,(H,37,41)/t30-/m0/s1. The molecule has 4 rings (SSSR count). The Hall–Kier alpha value is -3.92. The number of benzene rings is 4. The fourth-order valence-corrected chi connectivity index (χ4v) is 6.53. The molecule has 0 saturated heterocycles. The van der Waals surface area contributed by atoms with Gasteiger partial charge in [0.15, 0.2) is 0 Å². The second kappa shape index (κ2) is 14.7. The third kappa shape index (κ3) is 8.16. The maximum absolute atomic E-state index is 14.4. The van der Waals surface area contributed by atoms with E-state index in [4.69, 9.17) is 23.2 Å². The molecule has 4 aromatic rings. The highest BCUT2D eigenvalue weighted by Crippen LogP contribution is 2.35. The third-order valence-corrected chi connectivity index (χ3v) is 9.36. The molecule has 4 aromatic carbocycles. The van der Waals surface area contributed by atoms with Crippen LogP contribution in [0.5, 0.6) is 0 Å². The summed E-state index contributed by atoms with van der Waals surface area (Å²) in [4.78, 5) is 29.3. The van der Waals surface area contributed by atoms with Crippen LogP contribution in [-0.4, -0.2) is 43.8 Å². The molecule has 0 spiro atoms. The first kappa shape index (κ1) is 33.0. The molecule has 0 bridgehead atoms. The molecule has 0 aromatic heterocycles. The van der Waals surface area contributed by atoms with Crippen molar-refractivity contribution in [3.05, 3.63) is 130 Å². The zero-order chi connectivity index (χ0) is 31.9. The second-order valence-corrected chi connectivity index (χ2v) is 13.1. The number of nitrogens with one attached hydrogen (secondary N) is 1. The van der Waals surface area contributed by atoms with Crippen molar-refractivity contribution in [1.82, 2.24) is 10.2 Å². The average Bonchev–Trinajstić information content (AvgIpc) is 3.00. The molecular formula is C33H32Cl2FN3O4S. The van der Waals surface area contributed by atoms with E-state index in [0.29, 0.717) is 5.56 Å². The van der Waals surface area contributed by atoms with Crippen LogP contribution in [0.4, 0.5) is 10.1 Å². The fourth-order valence-electron chi connectivity index (χ4n) is 4.64. The maximum Gasteiger partial charge on any atom is 0.264 e. The number of sulfonamides is 1. The number of hydrogen-bond acceptors (Lipinski definition) is 4. The molecule has 0 heterocycles. The summed E-state index contributed by atoms with van der Waals surface area (Å²) in [5.74, 6) is -1.55. The molecule has 1 atom stereocenters. The van der Waals surface area contributed by atoms with Crippen molar-refractivity contribution in [2.75, 3.05) is 10.8 Å². The van der Waals surface area contributed by atoms with Crippen molar-refractivity contribution in [3.8, 4) is 0 Å². The van der Waals surface area contributed by atoms with Crippen LogP contribution in [0.25, 0.3) is 0 Å². The number of carbonyl (C=O) groups excluding carboxylic acids is 2. The Labute approximate surface area is 267 Å². The van der Waals surface area contributed by atoms with Crippen molar-refractivity contribution < 1.29 is 22.4 Å². The van der Waals surface area contributed by atoms with E-state index in [0.717, 1.165) is 9.87 Å². The highest BCUT2D eigenvalue weighted by atomic mass is 35.5. The predicted molar refractivity (Wildman–Crippen MR) is 172 cm³/mol. The summed E-state index contributed by atoms with van der Waals surface area (Å²) in [5, 5.41) is 2.94. The van der Waals surface area contributed by atoms with Crippen LogP contribution in [0, 0.1) is 5.82 Å². The highest BCUT2D eigenvalue weighted by Gasteiger charge is 2.35. The van der Waals surface area contributed by atoms with Crippen LogP contribution in [0.15, 0.2) is 108 Å². The lowest BCUT2D eigenvalue weighted by Gasteiger charge is -2.34. The zero-order valence-corrected chi connectivity index (χ0v) is 26.5. The molecule has 0 saturated carbocycles. The summed E-state index contributed by atoms with van der Waals surface area (Å²) in [6.07, 6.45) is 0.148. The summed E-state index contributed by atoms with van der Waals surface area (Å²) >= 11 is 12.8. The highest BCUT2D eigenvalue weighted by molar-refractivity contribution is 7.92. The molecule has 7 nitrogen and oxygen atoms in total. The first-order chi connectivity index (χ1) is 21.0. The predicted octanol–water partition coefficient (Wildman–Crippen LogP) is 6.49.